The van der Waals surface area contributed by atoms with Gasteiger partial charge in [-0.1, -0.05) is 18.2 Å². The van der Waals surface area contributed by atoms with Crippen LogP contribution in [0.4, 0.5) is 14.6 Å². The molecule has 1 amide bonds. The molecule has 0 radical (unpaired) electrons. The Hall–Kier alpha value is -4.57. The van der Waals surface area contributed by atoms with Crippen LogP contribution in [0.3, 0.4) is 0 Å². The van der Waals surface area contributed by atoms with Gasteiger partial charge in [0, 0.05) is 40.6 Å². The minimum absolute atomic E-state index is 0.0991. The van der Waals surface area contributed by atoms with Crippen molar-refractivity contribution in [1.82, 2.24) is 19.3 Å². The Bertz CT molecular complexity index is 1910. The minimum Gasteiger partial charge on any atom is -0.384 e. The van der Waals surface area contributed by atoms with Crippen LogP contribution in [0.25, 0.3) is 39.6 Å². The van der Waals surface area contributed by atoms with E-state index in [0.29, 0.717) is 23.1 Å². The summed E-state index contributed by atoms with van der Waals surface area (Å²) in [5, 5.41) is 6.03. The van der Waals surface area contributed by atoms with E-state index in [1.165, 1.54) is 6.08 Å². The second-order valence-electron chi connectivity index (χ2n) is 11.1. The largest absolute Gasteiger partial charge is 0.384 e. The summed E-state index contributed by atoms with van der Waals surface area (Å²) in [4.78, 5) is 17.5. The number of carbonyl (C=O) groups is 1. The molecule has 7 rings (SSSR count). The lowest BCUT2D eigenvalue weighted by Gasteiger charge is -2.23. The standard InChI is InChI=1S/C32H30F2N6O2/c1-17-5-12-25-22(16-38-40(25)26-4-2-3-13-42-26)29(17)39-30-21(10-8-19-14-20(33)9-11-24(19)34)28(18-6-7-18)37-15-23(30)27(31(39)35)32(36)41/h5,8-12,14-16,18,26H,2-4,6-7,13,35H2,1H3,(H2,36,41)/b10-8+. The van der Waals surface area contributed by atoms with Crippen molar-refractivity contribution in [2.45, 2.75) is 51.2 Å². The molecule has 1 saturated heterocycles. The molecule has 4 heterocycles. The summed E-state index contributed by atoms with van der Waals surface area (Å²) in [6, 6.07) is 7.33. The Morgan fingerprint density at radius 1 is 1.07 bits per heavy atom. The van der Waals surface area contributed by atoms with E-state index in [2.05, 4.69) is 0 Å². The molecular formula is C32H30F2N6O2. The summed E-state index contributed by atoms with van der Waals surface area (Å²) in [6.45, 7) is 2.65. The van der Waals surface area contributed by atoms with Gasteiger partial charge in [-0.15, -0.1) is 0 Å². The fourth-order valence-corrected chi connectivity index (χ4v) is 6.14. The van der Waals surface area contributed by atoms with Gasteiger partial charge in [0.2, 0.25) is 0 Å². The van der Waals surface area contributed by atoms with Crippen LogP contribution in [0.5, 0.6) is 0 Å². The second kappa shape index (κ2) is 10.1. The van der Waals surface area contributed by atoms with Crippen LogP contribution in [0.2, 0.25) is 0 Å². The lowest BCUT2D eigenvalue weighted by atomic mass is 10.0. The Labute approximate surface area is 240 Å². The van der Waals surface area contributed by atoms with Crippen LogP contribution in [0.15, 0.2) is 42.7 Å². The van der Waals surface area contributed by atoms with Crippen LogP contribution in [0.1, 0.15) is 77.0 Å². The van der Waals surface area contributed by atoms with E-state index in [-0.39, 0.29) is 29.1 Å². The first kappa shape index (κ1) is 26.3. The van der Waals surface area contributed by atoms with Gasteiger partial charge in [0.15, 0.2) is 6.23 Å². The number of aryl methyl sites for hydroxylation is 1. The number of hydrogen-bond acceptors (Lipinski definition) is 5. The van der Waals surface area contributed by atoms with E-state index in [0.717, 1.165) is 78.2 Å². The number of halogens is 2. The summed E-state index contributed by atoms with van der Waals surface area (Å²) in [6.07, 6.45) is 11.4. The third-order valence-electron chi connectivity index (χ3n) is 8.31. The van der Waals surface area contributed by atoms with Crippen molar-refractivity contribution < 1.29 is 18.3 Å². The molecule has 2 aliphatic rings. The molecule has 3 aromatic heterocycles. The highest BCUT2D eigenvalue weighted by Crippen LogP contribution is 2.45. The summed E-state index contributed by atoms with van der Waals surface area (Å²) in [5.74, 6) is -1.39. The topological polar surface area (TPSA) is 114 Å². The van der Waals surface area contributed by atoms with Crippen molar-refractivity contribution in [3.05, 3.63) is 82.3 Å². The van der Waals surface area contributed by atoms with Crippen molar-refractivity contribution in [2.75, 3.05) is 12.3 Å². The number of anilines is 1. The molecule has 10 heteroatoms. The van der Waals surface area contributed by atoms with Crippen molar-refractivity contribution in [3.63, 3.8) is 0 Å². The van der Waals surface area contributed by atoms with Crippen LogP contribution in [0, 0.1) is 18.6 Å². The lowest BCUT2D eigenvalue weighted by Crippen LogP contribution is -2.19. The molecule has 0 bridgehead atoms. The van der Waals surface area contributed by atoms with E-state index >= 15 is 0 Å². The quantitative estimate of drug-likeness (QED) is 0.246. The van der Waals surface area contributed by atoms with E-state index in [4.69, 9.17) is 26.3 Å². The molecule has 4 N–H and O–H groups in total. The molecule has 2 fully saturated rings. The number of nitrogens with zero attached hydrogens (tertiary/aromatic N) is 4. The smallest absolute Gasteiger partial charge is 0.253 e. The van der Waals surface area contributed by atoms with E-state index in [9.17, 15) is 13.6 Å². The Morgan fingerprint density at radius 3 is 2.64 bits per heavy atom. The van der Waals surface area contributed by atoms with Gasteiger partial charge in [0.25, 0.3) is 5.91 Å². The number of nitrogen functional groups attached to an aromatic ring is 1. The Balaban J connectivity index is 1.53. The highest BCUT2D eigenvalue weighted by Gasteiger charge is 2.32. The third-order valence-corrected chi connectivity index (χ3v) is 8.31. The lowest BCUT2D eigenvalue weighted by molar-refractivity contribution is -0.0366. The zero-order chi connectivity index (χ0) is 29.1. The number of aromatic nitrogens is 4. The van der Waals surface area contributed by atoms with Crippen molar-refractivity contribution >= 4 is 45.7 Å². The maximum absolute atomic E-state index is 14.6. The molecule has 1 aliphatic heterocycles. The van der Waals surface area contributed by atoms with Gasteiger partial charge in [-0.3, -0.25) is 14.3 Å². The number of nitrogens with two attached hydrogens (primary N) is 2. The summed E-state index contributed by atoms with van der Waals surface area (Å²) in [5.41, 5.74) is 17.6. The second-order valence-corrected chi connectivity index (χ2v) is 11.1. The van der Waals surface area contributed by atoms with Gasteiger partial charge >= 0.3 is 0 Å². The van der Waals surface area contributed by atoms with Crippen LogP contribution in [-0.2, 0) is 4.74 Å². The van der Waals surface area contributed by atoms with E-state index in [1.54, 1.807) is 18.5 Å². The number of primary amides is 1. The van der Waals surface area contributed by atoms with Crippen molar-refractivity contribution in [2.24, 2.45) is 5.73 Å². The van der Waals surface area contributed by atoms with Gasteiger partial charge in [-0.05, 0) is 68.9 Å². The summed E-state index contributed by atoms with van der Waals surface area (Å²) in [7, 11) is 0. The monoisotopic (exact) mass is 568 g/mol. The normalized spacial score (nSPS) is 17.5. The molecular weight excluding hydrogens is 538 g/mol. The number of pyridine rings is 1. The summed E-state index contributed by atoms with van der Waals surface area (Å²) >= 11 is 0. The zero-order valence-electron chi connectivity index (χ0n) is 23.1. The molecule has 1 unspecified atom stereocenters. The van der Waals surface area contributed by atoms with Crippen molar-refractivity contribution in [1.29, 1.82) is 0 Å². The average molecular weight is 569 g/mol. The highest BCUT2D eigenvalue weighted by atomic mass is 19.1. The Morgan fingerprint density at radius 2 is 1.90 bits per heavy atom. The minimum atomic E-state index is -0.681. The third kappa shape index (κ3) is 4.25. The summed E-state index contributed by atoms with van der Waals surface area (Å²) < 4.78 is 38.4. The number of fused-ring (bicyclic) bond motifs is 2. The maximum Gasteiger partial charge on any atom is 0.253 e. The number of ether oxygens (including phenoxy) is 1. The first-order chi connectivity index (χ1) is 20.3. The molecule has 1 saturated carbocycles. The Kier molecular flexibility index (Phi) is 6.31. The molecule has 214 valence electrons. The van der Waals surface area contributed by atoms with Gasteiger partial charge < -0.3 is 16.2 Å². The molecule has 2 aromatic carbocycles. The highest BCUT2D eigenvalue weighted by molar-refractivity contribution is 6.14. The van der Waals surface area contributed by atoms with Gasteiger partial charge in [-0.2, -0.15) is 5.10 Å². The van der Waals surface area contributed by atoms with Crippen LogP contribution >= 0.6 is 0 Å². The molecule has 8 nitrogen and oxygen atoms in total. The fourth-order valence-electron chi connectivity index (χ4n) is 6.14. The predicted octanol–water partition coefficient (Wildman–Crippen LogP) is 6.39. The number of hydrogen-bond donors (Lipinski definition) is 2. The molecule has 5 aromatic rings. The maximum atomic E-state index is 14.6. The first-order valence-corrected chi connectivity index (χ1v) is 14.2. The number of carbonyl (C=O) groups excluding carboxylic acids is 1. The zero-order valence-corrected chi connectivity index (χ0v) is 23.1. The van der Waals surface area contributed by atoms with E-state index in [1.807, 2.05) is 28.3 Å². The molecule has 0 spiro atoms. The fraction of sp³-hybridized carbons (Fsp3) is 0.281. The average Bonchev–Trinajstić information content (AvgIpc) is 3.66. The predicted molar refractivity (Wildman–Crippen MR) is 158 cm³/mol. The van der Waals surface area contributed by atoms with E-state index < -0.39 is 17.5 Å². The molecule has 1 aliphatic carbocycles. The molecule has 1 atom stereocenters. The first-order valence-electron chi connectivity index (χ1n) is 14.2. The SMILES string of the molecule is Cc1ccc2c(cnn2C2CCCCO2)c1-n1c(N)c(C(N)=O)c2cnc(C3CC3)c(/C=C/c3cc(F)ccc3F)c21. The van der Waals surface area contributed by atoms with Crippen molar-refractivity contribution in [3.8, 4) is 5.69 Å². The number of rotatable bonds is 6. The van der Waals surface area contributed by atoms with Gasteiger partial charge in [-0.25, -0.2) is 13.5 Å². The number of benzene rings is 2. The van der Waals surface area contributed by atoms with Gasteiger partial charge in [0.1, 0.15) is 17.5 Å². The van der Waals surface area contributed by atoms with Crippen LogP contribution in [-0.4, -0.2) is 31.8 Å². The number of amides is 1. The van der Waals surface area contributed by atoms with Crippen LogP contribution < -0.4 is 11.5 Å². The van der Waals surface area contributed by atoms with Gasteiger partial charge in [0.05, 0.1) is 34.2 Å². The molecule has 42 heavy (non-hydrogen) atoms.